The molecule has 0 aromatic heterocycles. The third kappa shape index (κ3) is 2.46. The van der Waals surface area contributed by atoms with Crippen molar-refractivity contribution in [3.05, 3.63) is 28.8 Å². The average molecular weight is 276 g/mol. The van der Waals surface area contributed by atoms with E-state index in [0.717, 1.165) is 36.1 Å². The van der Waals surface area contributed by atoms with Gasteiger partial charge in [0.25, 0.3) is 0 Å². The zero-order chi connectivity index (χ0) is 14.9. The molecule has 1 aliphatic carbocycles. The number of aryl methyl sites for hydroxylation is 1. The molecule has 0 aliphatic heterocycles. The smallest absolute Gasteiger partial charge is 0.128 e. The molecule has 1 aromatic carbocycles. The minimum absolute atomic E-state index is 0.312. The van der Waals surface area contributed by atoms with Crippen LogP contribution in [-0.4, -0.2) is 12.2 Å². The Morgan fingerprint density at radius 2 is 1.95 bits per heavy atom. The lowest BCUT2D eigenvalue weighted by Gasteiger charge is -2.43. The molecule has 20 heavy (non-hydrogen) atoms. The van der Waals surface area contributed by atoms with Crippen LogP contribution < -0.4 is 4.74 Å². The van der Waals surface area contributed by atoms with Crippen molar-refractivity contribution in [2.45, 2.75) is 59.0 Å². The first-order valence-electron chi connectivity index (χ1n) is 7.79. The minimum Gasteiger partial charge on any atom is -0.496 e. The summed E-state index contributed by atoms with van der Waals surface area (Å²) in [5.41, 5.74) is 2.61. The van der Waals surface area contributed by atoms with Gasteiger partial charge in [0.15, 0.2) is 0 Å². The number of hydrogen-bond acceptors (Lipinski definition) is 2. The molecule has 0 spiro atoms. The SMILES string of the molecule is COc1c(C2(O)CCCCC2C(C)C)ccc(C)c1C. The van der Waals surface area contributed by atoms with Gasteiger partial charge in [-0.05, 0) is 49.7 Å². The lowest BCUT2D eigenvalue weighted by Crippen LogP contribution is -2.41. The summed E-state index contributed by atoms with van der Waals surface area (Å²) in [5.74, 6) is 1.67. The molecular weight excluding hydrogens is 248 g/mol. The Morgan fingerprint density at radius 3 is 2.55 bits per heavy atom. The fraction of sp³-hybridized carbons (Fsp3) is 0.667. The first kappa shape index (κ1) is 15.4. The van der Waals surface area contributed by atoms with Gasteiger partial charge < -0.3 is 9.84 Å². The minimum atomic E-state index is -0.740. The van der Waals surface area contributed by atoms with Crippen LogP contribution >= 0.6 is 0 Å². The number of benzene rings is 1. The highest BCUT2D eigenvalue weighted by molar-refractivity contribution is 5.48. The first-order chi connectivity index (χ1) is 9.41. The van der Waals surface area contributed by atoms with Gasteiger partial charge in [0.1, 0.15) is 5.75 Å². The van der Waals surface area contributed by atoms with Crippen LogP contribution in [0.2, 0.25) is 0 Å². The van der Waals surface area contributed by atoms with Crippen molar-refractivity contribution in [3.63, 3.8) is 0 Å². The number of methoxy groups -OCH3 is 1. The van der Waals surface area contributed by atoms with E-state index in [-0.39, 0.29) is 0 Å². The van der Waals surface area contributed by atoms with Crippen LogP contribution in [0.5, 0.6) is 5.75 Å². The van der Waals surface area contributed by atoms with Gasteiger partial charge in [-0.1, -0.05) is 38.8 Å². The summed E-state index contributed by atoms with van der Waals surface area (Å²) >= 11 is 0. The van der Waals surface area contributed by atoms with Gasteiger partial charge in [-0.15, -0.1) is 0 Å². The number of rotatable bonds is 3. The Hall–Kier alpha value is -1.02. The fourth-order valence-electron chi connectivity index (χ4n) is 3.80. The maximum absolute atomic E-state index is 11.4. The van der Waals surface area contributed by atoms with Crippen LogP contribution in [-0.2, 0) is 5.60 Å². The van der Waals surface area contributed by atoms with Gasteiger partial charge in [-0.2, -0.15) is 0 Å². The highest BCUT2D eigenvalue weighted by Crippen LogP contribution is 2.48. The zero-order valence-electron chi connectivity index (χ0n) is 13.5. The number of hydrogen-bond donors (Lipinski definition) is 1. The molecule has 1 fully saturated rings. The van der Waals surface area contributed by atoms with Crippen LogP contribution in [0.1, 0.15) is 56.2 Å². The first-order valence-corrected chi connectivity index (χ1v) is 7.79. The average Bonchev–Trinajstić information content (AvgIpc) is 2.41. The lowest BCUT2D eigenvalue weighted by molar-refractivity contribution is -0.0735. The zero-order valence-corrected chi connectivity index (χ0v) is 13.5. The van der Waals surface area contributed by atoms with Crippen LogP contribution in [0, 0.1) is 25.7 Å². The standard InChI is InChI=1S/C18H28O2/c1-12(2)15-8-6-7-11-18(15,19)16-10-9-13(3)14(4)17(16)20-5/h9-10,12,15,19H,6-8,11H2,1-5H3. The van der Waals surface area contributed by atoms with E-state index >= 15 is 0 Å². The topological polar surface area (TPSA) is 29.5 Å². The summed E-state index contributed by atoms with van der Waals surface area (Å²) in [6, 6.07) is 4.18. The molecule has 112 valence electrons. The summed E-state index contributed by atoms with van der Waals surface area (Å²) in [4.78, 5) is 0. The van der Waals surface area contributed by atoms with E-state index in [4.69, 9.17) is 4.74 Å². The molecule has 2 atom stereocenters. The predicted molar refractivity (Wildman–Crippen MR) is 83.2 cm³/mol. The molecule has 0 bridgehead atoms. The predicted octanol–water partition coefficient (Wildman–Crippen LogP) is 4.35. The van der Waals surface area contributed by atoms with Gasteiger partial charge in [0.2, 0.25) is 0 Å². The monoisotopic (exact) mass is 276 g/mol. The highest BCUT2D eigenvalue weighted by atomic mass is 16.5. The second kappa shape index (κ2) is 5.77. The molecule has 0 radical (unpaired) electrons. The van der Waals surface area contributed by atoms with E-state index in [1.165, 1.54) is 12.0 Å². The Bertz CT molecular complexity index is 479. The van der Waals surface area contributed by atoms with E-state index in [2.05, 4.69) is 39.8 Å². The Morgan fingerprint density at radius 1 is 1.25 bits per heavy atom. The Labute approximate surface area is 123 Å². The Balaban J connectivity index is 2.55. The molecule has 0 saturated heterocycles. The molecule has 1 aromatic rings. The van der Waals surface area contributed by atoms with Crippen LogP contribution in [0.15, 0.2) is 12.1 Å². The van der Waals surface area contributed by atoms with Crippen molar-refractivity contribution < 1.29 is 9.84 Å². The molecular formula is C18H28O2. The van der Waals surface area contributed by atoms with Gasteiger partial charge in [-0.25, -0.2) is 0 Å². The van der Waals surface area contributed by atoms with E-state index in [1.54, 1.807) is 7.11 Å². The molecule has 1 N–H and O–H groups in total. The third-order valence-electron chi connectivity index (χ3n) is 5.09. The second-order valence-corrected chi connectivity index (χ2v) is 6.61. The quantitative estimate of drug-likeness (QED) is 0.889. The summed E-state index contributed by atoms with van der Waals surface area (Å²) in [5, 5.41) is 11.4. The third-order valence-corrected chi connectivity index (χ3v) is 5.09. The maximum atomic E-state index is 11.4. The van der Waals surface area contributed by atoms with Crippen molar-refractivity contribution in [1.82, 2.24) is 0 Å². The summed E-state index contributed by atoms with van der Waals surface area (Å²) in [6.07, 6.45) is 4.26. The summed E-state index contributed by atoms with van der Waals surface area (Å²) in [6.45, 7) is 8.60. The second-order valence-electron chi connectivity index (χ2n) is 6.61. The van der Waals surface area contributed by atoms with Crippen molar-refractivity contribution in [3.8, 4) is 5.75 Å². The lowest BCUT2D eigenvalue weighted by atomic mass is 9.66. The summed E-state index contributed by atoms with van der Waals surface area (Å²) in [7, 11) is 1.71. The van der Waals surface area contributed by atoms with Crippen molar-refractivity contribution >= 4 is 0 Å². The molecule has 2 nitrogen and oxygen atoms in total. The molecule has 2 heteroatoms. The largest absolute Gasteiger partial charge is 0.496 e. The molecule has 2 unspecified atom stereocenters. The van der Waals surface area contributed by atoms with Gasteiger partial charge in [0.05, 0.1) is 12.7 Å². The van der Waals surface area contributed by atoms with Gasteiger partial charge >= 0.3 is 0 Å². The summed E-state index contributed by atoms with van der Waals surface area (Å²) < 4.78 is 5.64. The Kier molecular flexibility index (Phi) is 4.43. The fourth-order valence-corrected chi connectivity index (χ4v) is 3.80. The van der Waals surface area contributed by atoms with Crippen LogP contribution in [0.4, 0.5) is 0 Å². The molecule has 0 heterocycles. The number of ether oxygens (including phenoxy) is 1. The normalized spacial score (nSPS) is 26.9. The van der Waals surface area contributed by atoms with Crippen molar-refractivity contribution in [2.24, 2.45) is 11.8 Å². The van der Waals surface area contributed by atoms with Crippen molar-refractivity contribution in [1.29, 1.82) is 0 Å². The van der Waals surface area contributed by atoms with Gasteiger partial charge in [0, 0.05) is 5.56 Å². The number of aliphatic hydroxyl groups is 1. The van der Waals surface area contributed by atoms with E-state index < -0.39 is 5.60 Å². The van der Waals surface area contributed by atoms with Gasteiger partial charge in [-0.3, -0.25) is 0 Å². The highest BCUT2D eigenvalue weighted by Gasteiger charge is 2.43. The van der Waals surface area contributed by atoms with Crippen LogP contribution in [0.25, 0.3) is 0 Å². The van der Waals surface area contributed by atoms with E-state index in [0.29, 0.717) is 11.8 Å². The van der Waals surface area contributed by atoms with Crippen molar-refractivity contribution in [2.75, 3.05) is 7.11 Å². The van der Waals surface area contributed by atoms with Crippen LogP contribution in [0.3, 0.4) is 0 Å². The maximum Gasteiger partial charge on any atom is 0.128 e. The van der Waals surface area contributed by atoms with E-state index in [1.807, 2.05) is 0 Å². The molecule has 1 aliphatic rings. The van der Waals surface area contributed by atoms with E-state index in [9.17, 15) is 5.11 Å². The molecule has 2 rings (SSSR count). The molecule has 0 amide bonds. The molecule has 1 saturated carbocycles.